The molecule has 7 heteroatoms. The Bertz CT molecular complexity index is 395. The second kappa shape index (κ2) is 4.55. The van der Waals surface area contributed by atoms with Crippen molar-refractivity contribution in [3.63, 3.8) is 0 Å². The topological polar surface area (TPSA) is 101 Å². The zero-order chi connectivity index (χ0) is 12.6. The molecule has 2 unspecified atom stereocenters. The maximum atomic E-state index is 12.1. The van der Waals surface area contributed by atoms with Crippen LogP contribution in [-0.4, -0.2) is 47.7 Å². The van der Waals surface area contributed by atoms with Crippen molar-refractivity contribution in [2.75, 3.05) is 5.75 Å². The SMILES string of the molecule is NC1CC2CCC(C1)N2S(=O)(=O)CCC(=O)O. The number of nitrogens with zero attached hydrogens (tertiary/aromatic N) is 1. The normalized spacial score (nSPS) is 33.8. The van der Waals surface area contributed by atoms with Crippen LogP contribution in [0.5, 0.6) is 0 Å². The molecule has 0 radical (unpaired) electrons. The van der Waals surface area contributed by atoms with Gasteiger partial charge in [0.2, 0.25) is 10.0 Å². The highest BCUT2D eigenvalue weighted by molar-refractivity contribution is 7.89. The van der Waals surface area contributed by atoms with Crippen LogP contribution in [0.1, 0.15) is 32.1 Å². The lowest BCUT2D eigenvalue weighted by molar-refractivity contribution is -0.136. The molecule has 0 aliphatic carbocycles. The molecular formula is C10H18N2O4S. The van der Waals surface area contributed by atoms with E-state index in [-0.39, 0.29) is 30.3 Å². The maximum Gasteiger partial charge on any atom is 0.304 e. The number of sulfonamides is 1. The molecule has 0 saturated carbocycles. The second-order valence-electron chi connectivity index (χ2n) is 4.91. The zero-order valence-electron chi connectivity index (χ0n) is 9.58. The van der Waals surface area contributed by atoms with Crippen LogP contribution in [0, 0.1) is 0 Å². The summed E-state index contributed by atoms with van der Waals surface area (Å²) in [7, 11) is -3.44. The summed E-state index contributed by atoms with van der Waals surface area (Å²) in [5.74, 6) is -1.38. The van der Waals surface area contributed by atoms with Crippen molar-refractivity contribution in [1.82, 2.24) is 4.31 Å². The van der Waals surface area contributed by atoms with Gasteiger partial charge in [-0.15, -0.1) is 0 Å². The van der Waals surface area contributed by atoms with Crippen molar-refractivity contribution in [2.45, 2.75) is 50.2 Å². The number of carboxylic acid groups (broad SMARTS) is 1. The number of aliphatic carboxylic acids is 1. The first kappa shape index (κ1) is 12.8. The van der Waals surface area contributed by atoms with Gasteiger partial charge in [-0.1, -0.05) is 0 Å². The lowest BCUT2D eigenvalue weighted by Crippen LogP contribution is -2.50. The van der Waals surface area contributed by atoms with E-state index in [0.717, 1.165) is 12.8 Å². The van der Waals surface area contributed by atoms with E-state index in [1.165, 1.54) is 4.31 Å². The average molecular weight is 262 g/mol. The van der Waals surface area contributed by atoms with Gasteiger partial charge < -0.3 is 10.8 Å². The zero-order valence-corrected chi connectivity index (χ0v) is 10.4. The maximum absolute atomic E-state index is 12.1. The third-order valence-electron chi connectivity index (χ3n) is 3.60. The number of fused-ring (bicyclic) bond motifs is 2. The van der Waals surface area contributed by atoms with Crippen molar-refractivity contribution in [2.24, 2.45) is 5.73 Å². The summed E-state index contributed by atoms with van der Waals surface area (Å²) >= 11 is 0. The highest BCUT2D eigenvalue weighted by Gasteiger charge is 2.45. The van der Waals surface area contributed by atoms with E-state index in [2.05, 4.69) is 0 Å². The Morgan fingerprint density at radius 2 is 1.82 bits per heavy atom. The van der Waals surface area contributed by atoms with Crippen molar-refractivity contribution in [3.05, 3.63) is 0 Å². The molecular weight excluding hydrogens is 244 g/mol. The molecule has 2 aliphatic heterocycles. The number of piperidine rings is 1. The Balaban J connectivity index is 2.10. The minimum atomic E-state index is -3.44. The Hall–Kier alpha value is -0.660. The Morgan fingerprint density at radius 3 is 2.29 bits per heavy atom. The fraction of sp³-hybridized carbons (Fsp3) is 0.900. The minimum absolute atomic E-state index is 0.0115. The monoisotopic (exact) mass is 262 g/mol. The molecule has 2 aliphatic rings. The van der Waals surface area contributed by atoms with Crippen LogP contribution in [0.15, 0.2) is 0 Å². The van der Waals surface area contributed by atoms with Gasteiger partial charge in [0.05, 0.1) is 12.2 Å². The van der Waals surface area contributed by atoms with E-state index >= 15 is 0 Å². The van der Waals surface area contributed by atoms with Gasteiger partial charge >= 0.3 is 5.97 Å². The summed E-state index contributed by atoms with van der Waals surface area (Å²) in [6.45, 7) is 0. The minimum Gasteiger partial charge on any atom is -0.481 e. The first-order chi connectivity index (χ1) is 7.90. The van der Waals surface area contributed by atoms with E-state index < -0.39 is 16.0 Å². The summed E-state index contributed by atoms with van der Waals surface area (Å²) in [6, 6.07) is 0.0588. The third kappa shape index (κ3) is 2.61. The average Bonchev–Trinajstić information content (AvgIpc) is 2.50. The molecule has 0 aromatic carbocycles. The summed E-state index contributed by atoms with van der Waals surface area (Å²) < 4.78 is 25.7. The molecule has 2 bridgehead atoms. The van der Waals surface area contributed by atoms with Crippen molar-refractivity contribution in [1.29, 1.82) is 0 Å². The van der Waals surface area contributed by atoms with Crippen LogP contribution in [0.3, 0.4) is 0 Å². The smallest absolute Gasteiger partial charge is 0.304 e. The lowest BCUT2D eigenvalue weighted by Gasteiger charge is -2.36. The summed E-state index contributed by atoms with van der Waals surface area (Å²) in [4.78, 5) is 10.5. The Kier molecular flexibility index (Phi) is 3.42. The van der Waals surface area contributed by atoms with Gasteiger partial charge in [0.15, 0.2) is 0 Å². The van der Waals surface area contributed by atoms with Gasteiger partial charge in [0.1, 0.15) is 0 Å². The molecule has 2 saturated heterocycles. The number of carbonyl (C=O) groups is 1. The first-order valence-electron chi connectivity index (χ1n) is 5.89. The summed E-state index contributed by atoms with van der Waals surface area (Å²) in [5.41, 5.74) is 5.87. The molecule has 98 valence electrons. The highest BCUT2D eigenvalue weighted by Crippen LogP contribution is 2.37. The van der Waals surface area contributed by atoms with Crippen molar-refractivity contribution in [3.8, 4) is 0 Å². The van der Waals surface area contributed by atoms with Gasteiger partial charge in [-0.2, -0.15) is 4.31 Å². The molecule has 0 spiro atoms. The van der Waals surface area contributed by atoms with Gasteiger partial charge in [-0.3, -0.25) is 4.79 Å². The summed E-state index contributed by atoms with van der Waals surface area (Å²) in [5, 5.41) is 8.56. The number of nitrogens with two attached hydrogens (primary N) is 1. The van der Waals surface area contributed by atoms with Gasteiger partial charge in [-0.25, -0.2) is 8.42 Å². The first-order valence-corrected chi connectivity index (χ1v) is 7.49. The van der Waals surface area contributed by atoms with Gasteiger partial charge in [-0.05, 0) is 25.7 Å². The van der Waals surface area contributed by atoms with E-state index in [1.807, 2.05) is 0 Å². The highest BCUT2D eigenvalue weighted by atomic mass is 32.2. The van der Waals surface area contributed by atoms with E-state index in [4.69, 9.17) is 10.8 Å². The molecule has 0 amide bonds. The van der Waals surface area contributed by atoms with E-state index in [0.29, 0.717) is 12.8 Å². The van der Waals surface area contributed by atoms with E-state index in [1.54, 1.807) is 0 Å². The third-order valence-corrected chi connectivity index (χ3v) is 5.56. The Labute approximate surface area is 101 Å². The van der Waals surface area contributed by atoms with Gasteiger partial charge in [0, 0.05) is 18.1 Å². The predicted molar refractivity (Wildman–Crippen MR) is 61.9 cm³/mol. The fourth-order valence-corrected chi connectivity index (χ4v) is 4.89. The number of hydrogen-bond donors (Lipinski definition) is 2. The quantitative estimate of drug-likeness (QED) is 0.727. The molecule has 3 N–H and O–H groups in total. The number of carboxylic acids is 1. The molecule has 0 aromatic heterocycles. The predicted octanol–water partition coefficient (Wildman–Crippen LogP) is -0.255. The van der Waals surface area contributed by atoms with Crippen LogP contribution < -0.4 is 5.73 Å². The summed E-state index contributed by atoms with van der Waals surface area (Å²) in [6.07, 6.45) is 2.77. The molecule has 2 rings (SSSR count). The molecule has 17 heavy (non-hydrogen) atoms. The van der Waals surface area contributed by atoms with Gasteiger partial charge in [0.25, 0.3) is 0 Å². The molecule has 2 atom stereocenters. The second-order valence-corrected chi connectivity index (χ2v) is 6.90. The molecule has 0 aromatic rings. The van der Waals surface area contributed by atoms with Crippen LogP contribution in [0.2, 0.25) is 0 Å². The van der Waals surface area contributed by atoms with Crippen LogP contribution >= 0.6 is 0 Å². The molecule has 2 heterocycles. The van der Waals surface area contributed by atoms with Crippen LogP contribution in [0.4, 0.5) is 0 Å². The number of rotatable bonds is 4. The Morgan fingerprint density at radius 1 is 1.29 bits per heavy atom. The van der Waals surface area contributed by atoms with Crippen LogP contribution in [-0.2, 0) is 14.8 Å². The largest absolute Gasteiger partial charge is 0.481 e. The molecule has 6 nitrogen and oxygen atoms in total. The van der Waals surface area contributed by atoms with Crippen molar-refractivity contribution >= 4 is 16.0 Å². The van der Waals surface area contributed by atoms with E-state index in [9.17, 15) is 13.2 Å². The standard InChI is InChI=1S/C10H18N2O4S/c11-7-5-8-1-2-9(6-7)12(8)17(15,16)4-3-10(13)14/h7-9H,1-6,11H2,(H,13,14). The van der Waals surface area contributed by atoms with Crippen LogP contribution in [0.25, 0.3) is 0 Å². The van der Waals surface area contributed by atoms with Crippen molar-refractivity contribution < 1.29 is 18.3 Å². The fourth-order valence-electron chi connectivity index (χ4n) is 2.95. The number of hydrogen-bond acceptors (Lipinski definition) is 4. The lowest BCUT2D eigenvalue weighted by atomic mass is 10.0. The molecule has 2 fully saturated rings.